The summed E-state index contributed by atoms with van der Waals surface area (Å²) in [5, 5.41) is 8.15. The van der Waals surface area contributed by atoms with E-state index < -0.39 is 0 Å². The van der Waals surface area contributed by atoms with Crippen molar-refractivity contribution < 1.29 is 4.42 Å². The van der Waals surface area contributed by atoms with Gasteiger partial charge in [-0.2, -0.15) is 5.10 Å². The van der Waals surface area contributed by atoms with Crippen molar-refractivity contribution in [1.82, 2.24) is 19.7 Å². The third kappa shape index (κ3) is 3.73. The van der Waals surface area contributed by atoms with Crippen LogP contribution in [0.3, 0.4) is 0 Å². The minimum absolute atomic E-state index is 0.324. The lowest BCUT2D eigenvalue weighted by Gasteiger charge is -2.13. The van der Waals surface area contributed by atoms with Crippen LogP contribution in [0, 0.1) is 0 Å². The van der Waals surface area contributed by atoms with Gasteiger partial charge in [-0.3, -0.25) is 4.68 Å². The molecule has 1 unspecified atom stereocenters. The summed E-state index contributed by atoms with van der Waals surface area (Å²) in [6, 6.07) is 4.09. The Kier molecular flexibility index (Phi) is 5.16. The molecule has 0 aliphatic carbocycles. The molecule has 3 heterocycles. The molecule has 0 aromatic carbocycles. The van der Waals surface area contributed by atoms with Crippen LogP contribution in [0.5, 0.6) is 0 Å². The van der Waals surface area contributed by atoms with Crippen molar-refractivity contribution in [3.8, 4) is 0 Å². The maximum absolute atomic E-state index is 5.35. The van der Waals surface area contributed by atoms with Crippen molar-refractivity contribution in [2.24, 2.45) is 7.05 Å². The van der Waals surface area contributed by atoms with Crippen molar-refractivity contribution >= 4 is 29.0 Å². The second-order valence-corrected chi connectivity index (χ2v) is 6.25. The maximum atomic E-state index is 5.35. The van der Waals surface area contributed by atoms with Gasteiger partial charge in [0.05, 0.1) is 12.0 Å². The van der Waals surface area contributed by atoms with Gasteiger partial charge in [0.2, 0.25) is 0 Å². The highest BCUT2D eigenvalue weighted by Crippen LogP contribution is 2.25. The van der Waals surface area contributed by atoms with Crippen LogP contribution in [0.2, 0.25) is 0 Å². The summed E-state index contributed by atoms with van der Waals surface area (Å²) in [4.78, 5) is 9.46. The smallest absolute Gasteiger partial charge is 0.156 e. The molecule has 0 aliphatic heterocycles. The van der Waals surface area contributed by atoms with E-state index in [2.05, 4.69) is 31.2 Å². The molecule has 25 heavy (non-hydrogen) atoms. The van der Waals surface area contributed by atoms with E-state index in [1.807, 2.05) is 36.0 Å². The van der Waals surface area contributed by atoms with Crippen molar-refractivity contribution in [2.45, 2.75) is 46.1 Å². The number of nitrogens with one attached hydrogen (secondary N) is 1. The summed E-state index contributed by atoms with van der Waals surface area (Å²) in [7, 11) is 1.95. The van der Waals surface area contributed by atoms with Crippen LogP contribution in [0.15, 0.2) is 22.8 Å². The molecule has 6 nitrogen and oxygen atoms in total. The van der Waals surface area contributed by atoms with Crippen LogP contribution in [0.4, 0.5) is 5.82 Å². The molecule has 132 valence electrons. The molecular formula is C19H25N5O. The van der Waals surface area contributed by atoms with Crippen molar-refractivity contribution in [2.75, 3.05) is 5.32 Å². The number of aromatic nitrogens is 4. The summed E-state index contributed by atoms with van der Waals surface area (Å²) < 4.78 is 7.23. The molecule has 0 amide bonds. The Balaban J connectivity index is 2.09. The third-order valence-electron chi connectivity index (χ3n) is 4.19. The van der Waals surface area contributed by atoms with Gasteiger partial charge in [0.1, 0.15) is 16.8 Å². The van der Waals surface area contributed by atoms with Gasteiger partial charge in [-0.25, -0.2) is 9.97 Å². The summed E-state index contributed by atoms with van der Waals surface area (Å²) in [5.41, 5.74) is 2.89. The van der Waals surface area contributed by atoms with Crippen LogP contribution in [-0.4, -0.2) is 25.8 Å². The lowest BCUT2D eigenvalue weighted by atomic mass is 10.2. The second-order valence-electron chi connectivity index (χ2n) is 6.25. The maximum Gasteiger partial charge on any atom is 0.156 e. The molecule has 3 aromatic rings. The summed E-state index contributed by atoms with van der Waals surface area (Å²) >= 11 is 0. The molecule has 0 bridgehead atoms. The Morgan fingerprint density at radius 1 is 1.28 bits per heavy atom. The third-order valence-corrected chi connectivity index (χ3v) is 4.19. The fourth-order valence-electron chi connectivity index (χ4n) is 2.72. The number of hydrogen-bond donors (Lipinski definition) is 1. The largest absolute Gasteiger partial charge is 0.465 e. The van der Waals surface area contributed by atoms with E-state index in [0.717, 1.165) is 47.6 Å². The van der Waals surface area contributed by atoms with Crippen LogP contribution in [-0.2, 0) is 13.5 Å². The van der Waals surface area contributed by atoms with Crippen molar-refractivity contribution in [3.05, 3.63) is 35.7 Å². The monoisotopic (exact) mass is 339 g/mol. The van der Waals surface area contributed by atoms with Gasteiger partial charge in [0, 0.05) is 13.1 Å². The average molecular weight is 339 g/mol. The van der Waals surface area contributed by atoms with Gasteiger partial charge in [-0.1, -0.05) is 20.3 Å². The number of hydrogen-bond acceptors (Lipinski definition) is 5. The fraction of sp³-hybridized carbons (Fsp3) is 0.421. The highest BCUT2D eigenvalue weighted by molar-refractivity contribution is 5.89. The minimum Gasteiger partial charge on any atom is -0.465 e. The molecule has 0 saturated carbocycles. The highest BCUT2D eigenvalue weighted by atomic mass is 16.3. The Hall–Kier alpha value is -2.63. The first kappa shape index (κ1) is 17.2. The summed E-state index contributed by atoms with van der Waals surface area (Å²) in [6.07, 6.45) is 8.36. The molecule has 6 heteroatoms. The first-order valence-corrected chi connectivity index (χ1v) is 8.84. The van der Waals surface area contributed by atoms with Crippen LogP contribution in [0.25, 0.3) is 23.2 Å². The molecule has 3 aromatic heterocycles. The van der Waals surface area contributed by atoms with E-state index >= 15 is 0 Å². The minimum atomic E-state index is 0.324. The molecule has 3 rings (SSSR count). The summed E-state index contributed by atoms with van der Waals surface area (Å²) in [6.45, 7) is 6.45. The van der Waals surface area contributed by atoms with Gasteiger partial charge < -0.3 is 9.73 Å². The van der Waals surface area contributed by atoms with Gasteiger partial charge in [-0.15, -0.1) is 0 Å². The van der Waals surface area contributed by atoms with E-state index in [-0.39, 0.29) is 0 Å². The second kappa shape index (κ2) is 7.51. The van der Waals surface area contributed by atoms with Gasteiger partial charge in [0.25, 0.3) is 0 Å². The van der Waals surface area contributed by atoms with Gasteiger partial charge >= 0.3 is 0 Å². The van der Waals surface area contributed by atoms with E-state index in [0.29, 0.717) is 11.9 Å². The Morgan fingerprint density at radius 2 is 2.12 bits per heavy atom. The topological polar surface area (TPSA) is 68.8 Å². The van der Waals surface area contributed by atoms with Gasteiger partial charge in [0.15, 0.2) is 11.6 Å². The number of fused-ring (bicyclic) bond motifs is 1. The normalized spacial score (nSPS) is 13.0. The summed E-state index contributed by atoms with van der Waals surface area (Å²) in [5.74, 6) is 2.26. The van der Waals surface area contributed by atoms with E-state index in [9.17, 15) is 0 Å². The molecule has 0 radical (unpaired) electrons. The zero-order valence-corrected chi connectivity index (χ0v) is 15.3. The molecular weight excluding hydrogens is 314 g/mol. The van der Waals surface area contributed by atoms with Crippen molar-refractivity contribution in [1.29, 1.82) is 0 Å². The van der Waals surface area contributed by atoms with Crippen LogP contribution in [0.1, 0.15) is 50.9 Å². The Morgan fingerprint density at radius 3 is 2.80 bits per heavy atom. The van der Waals surface area contributed by atoms with Crippen LogP contribution < -0.4 is 5.32 Å². The standard InChI is InChI=1S/C19H25N5O/c1-5-8-15-17-18(24(4)23-15)19(20-13(3)6-2)22-16(21-17)11-10-14-9-7-12-25-14/h7,9-13H,5-6,8H2,1-4H3,(H,20,21,22)/b11-10+. The predicted molar refractivity (Wildman–Crippen MR) is 101 cm³/mol. The lowest BCUT2D eigenvalue weighted by Crippen LogP contribution is -2.16. The zero-order chi connectivity index (χ0) is 17.8. The lowest BCUT2D eigenvalue weighted by molar-refractivity contribution is 0.557. The number of nitrogens with zero attached hydrogens (tertiary/aromatic N) is 4. The Labute approximate surface area is 148 Å². The number of rotatable bonds is 7. The quantitative estimate of drug-likeness (QED) is 0.695. The molecule has 0 saturated heterocycles. The molecule has 0 aliphatic rings. The molecule has 0 spiro atoms. The van der Waals surface area contributed by atoms with E-state index in [1.54, 1.807) is 6.26 Å². The molecule has 1 N–H and O–H groups in total. The predicted octanol–water partition coefficient (Wildman–Crippen LogP) is 4.29. The number of furan rings is 1. The molecule has 0 fully saturated rings. The van der Waals surface area contributed by atoms with Crippen molar-refractivity contribution in [3.63, 3.8) is 0 Å². The highest BCUT2D eigenvalue weighted by Gasteiger charge is 2.17. The van der Waals surface area contributed by atoms with Gasteiger partial charge in [-0.05, 0) is 44.1 Å². The zero-order valence-electron chi connectivity index (χ0n) is 15.3. The molecule has 1 atom stereocenters. The van der Waals surface area contributed by atoms with Crippen LogP contribution >= 0.6 is 0 Å². The fourth-order valence-corrected chi connectivity index (χ4v) is 2.72. The first-order chi connectivity index (χ1) is 12.1. The SMILES string of the molecule is CCCc1nn(C)c2c(NC(C)CC)nc(/C=C/c3ccco3)nc12. The first-order valence-electron chi connectivity index (χ1n) is 8.84. The Bertz CT molecular complexity index is 864. The number of anilines is 1. The van der Waals surface area contributed by atoms with E-state index in [1.165, 1.54) is 0 Å². The van der Waals surface area contributed by atoms with E-state index in [4.69, 9.17) is 14.4 Å². The number of aryl methyl sites for hydroxylation is 2. The average Bonchev–Trinajstić information content (AvgIpc) is 3.22.